The molecule has 16 heavy (non-hydrogen) atoms. The van der Waals surface area contributed by atoms with Crippen molar-refractivity contribution in [1.29, 1.82) is 5.26 Å². The zero-order valence-corrected chi connectivity index (χ0v) is 10.7. The van der Waals surface area contributed by atoms with E-state index in [0.717, 1.165) is 26.1 Å². The maximum absolute atomic E-state index is 8.72. The van der Waals surface area contributed by atoms with Gasteiger partial charge in [-0.2, -0.15) is 5.26 Å². The van der Waals surface area contributed by atoms with Crippen LogP contribution < -0.4 is 0 Å². The minimum absolute atomic E-state index is 0.571. The molecular weight excluding hydrogens is 200 g/mol. The van der Waals surface area contributed by atoms with E-state index in [2.05, 4.69) is 34.7 Å². The maximum Gasteiger partial charge on any atom is 0.0866 e. The van der Waals surface area contributed by atoms with Crippen LogP contribution in [0.1, 0.15) is 13.3 Å². The van der Waals surface area contributed by atoms with E-state index in [1.54, 1.807) is 0 Å². The summed E-state index contributed by atoms with van der Waals surface area (Å²) in [6.07, 6.45) is 1.13. The highest BCUT2D eigenvalue weighted by molar-refractivity contribution is 4.78. The normalized spacial score (nSPS) is 18.9. The van der Waals surface area contributed by atoms with Crippen molar-refractivity contribution in [2.75, 3.05) is 59.4 Å². The molecule has 0 aliphatic carbocycles. The molecule has 0 radical (unpaired) electrons. The molecule has 4 heteroatoms. The second-order valence-electron chi connectivity index (χ2n) is 4.58. The fourth-order valence-corrected chi connectivity index (χ4v) is 2.04. The van der Waals surface area contributed by atoms with Crippen LogP contribution in [0.25, 0.3) is 0 Å². The van der Waals surface area contributed by atoms with Crippen molar-refractivity contribution in [2.45, 2.75) is 13.3 Å². The molecule has 1 heterocycles. The van der Waals surface area contributed by atoms with Crippen LogP contribution in [0.2, 0.25) is 0 Å². The second kappa shape index (κ2) is 7.61. The molecule has 0 amide bonds. The lowest BCUT2D eigenvalue weighted by Gasteiger charge is -2.33. The van der Waals surface area contributed by atoms with Crippen molar-refractivity contribution in [2.24, 2.45) is 0 Å². The van der Waals surface area contributed by atoms with E-state index in [0.29, 0.717) is 6.54 Å². The average Bonchev–Trinajstić information content (AvgIpc) is 2.29. The third-order valence-electron chi connectivity index (χ3n) is 3.16. The van der Waals surface area contributed by atoms with Crippen molar-refractivity contribution < 1.29 is 0 Å². The van der Waals surface area contributed by atoms with E-state index in [9.17, 15) is 0 Å². The molecule has 0 spiro atoms. The van der Waals surface area contributed by atoms with Crippen LogP contribution in [-0.2, 0) is 0 Å². The molecule has 92 valence electrons. The van der Waals surface area contributed by atoms with Gasteiger partial charge in [0, 0.05) is 39.3 Å². The Balaban J connectivity index is 2.18. The van der Waals surface area contributed by atoms with Gasteiger partial charge in [0.1, 0.15) is 0 Å². The van der Waals surface area contributed by atoms with Gasteiger partial charge in [-0.25, -0.2) is 0 Å². The number of nitrogens with zero attached hydrogens (tertiary/aromatic N) is 4. The molecule has 0 N–H and O–H groups in total. The van der Waals surface area contributed by atoms with E-state index in [-0.39, 0.29) is 0 Å². The highest BCUT2D eigenvalue weighted by atomic mass is 15.3. The molecule has 1 aliphatic heterocycles. The molecule has 1 fully saturated rings. The summed E-state index contributed by atoms with van der Waals surface area (Å²) in [6, 6.07) is 2.25. The maximum atomic E-state index is 8.72. The summed E-state index contributed by atoms with van der Waals surface area (Å²) >= 11 is 0. The van der Waals surface area contributed by atoms with Gasteiger partial charge in [0.2, 0.25) is 0 Å². The average molecular weight is 224 g/mol. The first kappa shape index (κ1) is 13.4. The zero-order valence-electron chi connectivity index (χ0n) is 10.7. The number of hydrogen-bond donors (Lipinski definition) is 0. The Kier molecular flexibility index (Phi) is 6.39. The van der Waals surface area contributed by atoms with E-state index >= 15 is 0 Å². The molecule has 0 atom stereocenters. The Morgan fingerprint density at radius 1 is 1.19 bits per heavy atom. The van der Waals surface area contributed by atoms with Crippen LogP contribution in [0.4, 0.5) is 0 Å². The highest BCUT2D eigenvalue weighted by Crippen LogP contribution is 2.00. The van der Waals surface area contributed by atoms with Crippen molar-refractivity contribution >= 4 is 0 Å². The summed E-state index contributed by atoms with van der Waals surface area (Å²) in [6.45, 7) is 10.6. The van der Waals surface area contributed by atoms with E-state index in [1.165, 1.54) is 26.2 Å². The molecule has 1 rings (SSSR count). The highest BCUT2D eigenvalue weighted by Gasteiger charge is 2.14. The fraction of sp³-hybridized carbons (Fsp3) is 0.917. The zero-order chi connectivity index (χ0) is 11.8. The molecular formula is C12H24N4. The molecule has 1 aliphatic rings. The minimum Gasteiger partial charge on any atom is -0.304 e. The van der Waals surface area contributed by atoms with Gasteiger partial charge in [-0.05, 0) is 20.0 Å². The summed E-state index contributed by atoms with van der Waals surface area (Å²) in [7, 11) is 2.18. The quantitative estimate of drug-likeness (QED) is 0.614. The van der Waals surface area contributed by atoms with E-state index in [1.807, 2.05) is 0 Å². The molecule has 0 aromatic heterocycles. The standard InChI is InChI=1S/C12H24N4/c1-3-5-15(6-4-13)11-12-16-9-7-14(2)8-10-16/h3,5-12H2,1-2H3. The van der Waals surface area contributed by atoms with Crippen molar-refractivity contribution in [1.82, 2.24) is 14.7 Å². The predicted molar refractivity (Wildman–Crippen MR) is 66.3 cm³/mol. The van der Waals surface area contributed by atoms with Crippen molar-refractivity contribution in [3.63, 3.8) is 0 Å². The van der Waals surface area contributed by atoms with Gasteiger partial charge in [0.25, 0.3) is 0 Å². The first-order chi connectivity index (χ1) is 7.76. The lowest BCUT2D eigenvalue weighted by Crippen LogP contribution is -2.47. The third-order valence-corrected chi connectivity index (χ3v) is 3.16. The van der Waals surface area contributed by atoms with Crippen LogP contribution in [-0.4, -0.2) is 74.1 Å². The number of hydrogen-bond acceptors (Lipinski definition) is 4. The van der Waals surface area contributed by atoms with Gasteiger partial charge in [-0.15, -0.1) is 0 Å². The molecule has 1 saturated heterocycles. The van der Waals surface area contributed by atoms with Gasteiger partial charge >= 0.3 is 0 Å². The molecule has 4 nitrogen and oxygen atoms in total. The van der Waals surface area contributed by atoms with E-state index in [4.69, 9.17) is 5.26 Å². The van der Waals surface area contributed by atoms with Crippen LogP contribution >= 0.6 is 0 Å². The fourth-order valence-electron chi connectivity index (χ4n) is 2.04. The van der Waals surface area contributed by atoms with Gasteiger partial charge in [-0.3, -0.25) is 9.80 Å². The Morgan fingerprint density at radius 2 is 1.88 bits per heavy atom. The Labute approximate surface area is 99.4 Å². The van der Waals surface area contributed by atoms with Crippen LogP contribution in [0, 0.1) is 11.3 Å². The predicted octanol–water partition coefficient (Wildman–Crippen LogP) is 0.469. The molecule has 0 saturated carbocycles. The Morgan fingerprint density at radius 3 is 2.44 bits per heavy atom. The lowest BCUT2D eigenvalue weighted by molar-refractivity contribution is 0.138. The summed E-state index contributed by atoms with van der Waals surface area (Å²) < 4.78 is 0. The molecule has 0 bridgehead atoms. The van der Waals surface area contributed by atoms with Crippen LogP contribution in [0.5, 0.6) is 0 Å². The molecule has 0 aromatic rings. The van der Waals surface area contributed by atoms with E-state index < -0.39 is 0 Å². The van der Waals surface area contributed by atoms with Gasteiger partial charge in [0.05, 0.1) is 12.6 Å². The van der Waals surface area contributed by atoms with Gasteiger partial charge < -0.3 is 4.90 Å². The largest absolute Gasteiger partial charge is 0.304 e. The van der Waals surface area contributed by atoms with Gasteiger partial charge in [0.15, 0.2) is 0 Å². The lowest BCUT2D eigenvalue weighted by atomic mass is 10.3. The monoisotopic (exact) mass is 224 g/mol. The summed E-state index contributed by atoms with van der Waals surface area (Å²) in [5, 5.41) is 8.72. The number of likely N-dealkylation sites (N-methyl/N-ethyl adjacent to an activating group) is 1. The summed E-state index contributed by atoms with van der Waals surface area (Å²) in [4.78, 5) is 7.12. The smallest absolute Gasteiger partial charge is 0.0866 e. The van der Waals surface area contributed by atoms with Crippen LogP contribution in [0.3, 0.4) is 0 Å². The summed E-state index contributed by atoms with van der Waals surface area (Å²) in [5.41, 5.74) is 0. The number of piperazine rings is 1. The minimum atomic E-state index is 0.571. The number of rotatable bonds is 6. The Bertz CT molecular complexity index is 216. The first-order valence-electron chi connectivity index (χ1n) is 6.26. The topological polar surface area (TPSA) is 33.5 Å². The molecule has 0 unspecified atom stereocenters. The second-order valence-corrected chi connectivity index (χ2v) is 4.58. The van der Waals surface area contributed by atoms with Crippen molar-refractivity contribution in [3.05, 3.63) is 0 Å². The summed E-state index contributed by atoms with van der Waals surface area (Å²) in [5.74, 6) is 0. The SMILES string of the molecule is CCCN(CC#N)CCN1CCN(C)CC1. The third kappa shape index (κ3) is 4.93. The Hall–Kier alpha value is -0.630. The van der Waals surface area contributed by atoms with Crippen LogP contribution in [0.15, 0.2) is 0 Å². The molecule has 0 aromatic carbocycles. The van der Waals surface area contributed by atoms with Crippen molar-refractivity contribution in [3.8, 4) is 6.07 Å². The first-order valence-corrected chi connectivity index (χ1v) is 6.26. The van der Waals surface area contributed by atoms with Gasteiger partial charge in [-0.1, -0.05) is 6.92 Å². The number of nitriles is 1.